The maximum atomic E-state index is 13.0. The fourth-order valence-electron chi connectivity index (χ4n) is 4.06. The molecule has 6 nitrogen and oxygen atoms in total. The fourth-order valence-corrected chi connectivity index (χ4v) is 4.06. The molecule has 32 heavy (non-hydrogen) atoms. The van der Waals surface area contributed by atoms with Gasteiger partial charge >= 0.3 is 0 Å². The van der Waals surface area contributed by atoms with Crippen LogP contribution >= 0.6 is 0 Å². The number of pyridine rings is 3. The minimum atomic E-state index is 0.0537. The number of fused-ring (bicyclic) bond motifs is 1. The van der Waals surface area contributed by atoms with Crippen molar-refractivity contribution in [2.45, 2.75) is 6.42 Å². The van der Waals surface area contributed by atoms with Crippen LogP contribution in [0.1, 0.15) is 16.1 Å². The largest absolute Gasteiger partial charge is 0.354 e. The Morgan fingerprint density at radius 3 is 2.56 bits per heavy atom. The van der Waals surface area contributed by atoms with E-state index in [2.05, 4.69) is 50.0 Å². The molecule has 1 aliphatic rings. The summed E-state index contributed by atoms with van der Waals surface area (Å²) in [6.07, 6.45) is 7.46. The number of anilines is 1. The minimum Gasteiger partial charge on any atom is -0.354 e. The van der Waals surface area contributed by atoms with Gasteiger partial charge in [-0.3, -0.25) is 14.8 Å². The van der Waals surface area contributed by atoms with E-state index in [-0.39, 0.29) is 12.2 Å². The van der Waals surface area contributed by atoms with Crippen molar-refractivity contribution in [2.75, 3.05) is 38.1 Å². The molecule has 0 atom stereocenters. The number of ketones is 1. The first-order chi connectivity index (χ1) is 15.7. The van der Waals surface area contributed by atoms with Crippen LogP contribution in [0.3, 0.4) is 0 Å². The van der Waals surface area contributed by atoms with E-state index in [0.29, 0.717) is 5.56 Å². The molecule has 160 valence electrons. The van der Waals surface area contributed by atoms with Gasteiger partial charge in [-0.05, 0) is 48.3 Å². The van der Waals surface area contributed by atoms with Gasteiger partial charge in [-0.15, -0.1) is 0 Å². The quantitative estimate of drug-likeness (QED) is 0.454. The number of carbonyl (C=O) groups excluding carboxylic acids is 1. The highest BCUT2D eigenvalue weighted by Gasteiger charge is 2.17. The molecule has 0 N–H and O–H groups in total. The van der Waals surface area contributed by atoms with E-state index in [1.54, 1.807) is 18.5 Å². The Labute approximate surface area is 187 Å². The van der Waals surface area contributed by atoms with Crippen LogP contribution in [0.15, 0.2) is 73.3 Å². The van der Waals surface area contributed by atoms with Crippen molar-refractivity contribution in [1.29, 1.82) is 0 Å². The van der Waals surface area contributed by atoms with E-state index in [9.17, 15) is 4.79 Å². The second-order valence-corrected chi connectivity index (χ2v) is 8.27. The van der Waals surface area contributed by atoms with E-state index in [0.717, 1.165) is 59.6 Å². The van der Waals surface area contributed by atoms with Gasteiger partial charge in [0.1, 0.15) is 5.82 Å². The summed E-state index contributed by atoms with van der Waals surface area (Å²) in [5.74, 6) is 0.926. The van der Waals surface area contributed by atoms with Crippen LogP contribution in [0.25, 0.3) is 21.9 Å². The van der Waals surface area contributed by atoms with Crippen molar-refractivity contribution in [3.63, 3.8) is 0 Å². The Morgan fingerprint density at radius 2 is 1.75 bits per heavy atom. The van der Waals surface area contributed by atoms with Crippen molar-refractivity contribution in [3.05, 3.63) is 84.6 Å². The molecule has 0 spiro atoms. The predicted octanol–water partition coefficient (Wildman–Crippen LogP) is 3.87. The molecule has 1 saturated heterocycles. The SMILES string of the molecule is CN1CCN(c2cc(C(=O)Cc3cc4cc(-c5cccnc5)ccc4cn3)ccn2)CC1. The molecule has 1 aliphatic heterocycles. The zero-order chi connectivity index (χ0) is 21.9. The lowest BCUT2D eigenvalue weighted by Gasteiger charge is -2.33. The van der Waals surface area contributed by atoms with Crippen LogP contribution in [0.2, 0.25) is 0 Å². The number of piperazine rings is 1. The number of likely N-dealkylation sites (N-methyl/N-ethyl adjacent to an activating group) is 1. The Balaban J connectivity index is 1.36. The third-order valence-corrected chi connectivity index (χ3v) is 6.01. The standard InChI is InChI=1S/C26H25N5O/c1-30-9-11-31(12-10-30)26-15-20(6-8-28-26)25(32)16-24-14-23-13-19(4-5-22(23)18-29-24)21-3-2-7-27-17-21/h2-8,13-15,17-18H,9-12,16H2,1H3. The average molecular weight is 424 g/mol. The molecule has 0 aliphatic carbocycles. The first kappa shape index (κ1) is 20.3. The van der Waals surface area contributed by atoms with Gasteiger partial charge in [-0.2, -0.15) is 0 Å². The lowest BCUT2D eigenvalue weighted by atomic mass is 10.0. The molecule has 4 heterocycles. The second kappa shape index (κ2) is 8.85. The van der Waals surface area contributed by atoms with Gasteiger partial charge in [0.15, 0.2) is 5.78 Å². The number of benzene rings is 1. The van der Waals surface area contributed by atoms with Gasteiger partial charge < -0.3 is 9.80 Å². The van der Waals surface area contributed by atoms with E-state index in [4.69, 9.17) is 0 Å². The van der Waals surface area contributed by atoms with Crippen LogP contribution in [-0.2, 0) is 6.42 Å². The third-order valence-electron chi connectivity index (χ3n) is 6.01. The molecule has 3 aromatic heterocycles. The number of hydrogen-bond acceptors (Lipinski definition) is 6. The number of hydrogen-bond donors (Lipinski definition) is 0. The molecule has 1 aromatic carbocycles. The number of Topliss-reactive ketones (excluding diaryl/α,β-unsaturated/α-hetero) is 1. The molecule has 6 heteroatoms. The molecule has 4 aromatic rings. The number of carbonyl (C=O) groups is 1. The van der Waals surface area contributed by atoms with E-state index >= 15 is 0 Å². The Kier molecular flexibility index (Phi) is 5.60. The van der Waals surface area contributed by atoms with Gasteiger partial charge in [-0.25, -0.2) is 4.98 Å². The number of aromatic nitrogens is 3. The van der Waals surface area contributed by atoms with Crippen LogP contribution < -0.4 is 4.90 Å². The van der Waals surface area contributed by atoms with Crippen molar-refractivity contribution in [2.24, 2.45) is 0 Å². The van der Waals surface area contributed by atoms with Crippen molar-refractivity contribution < 1.29 is 4.79 Å². The van der Waals surface area contributed by atoms with Gasteiger partial charge in [0.05, 0.1) is 6.42 Å². The molecular weight excluding hydrogens is 398 g/mol. The predicted molar refractivity (Wildman–Crippen MR) is 127 cm³/mol. The van der Waals surface area contributed by atoms with E-state index in [1.807, 2.05) is 36.7 Å². The lowest BCUT2D eigenvalue weighted by Crippen LogP contribution is -2.44. The summed E-state index contributed by atoms with van der Waals surface area (Å²) in [5, 5.41) is 2.12. The summed E-state index contributed by atoms with van der Waals surface area (Å²) in [4.78, 5) is 30.8. The first-order valence-corrected chi connectivity index (χ1v) is 10.9. The molecule has 0 amide bonds. The molecule has 0 saturated carbocycles. The maximum absolute atomic E-state index is 13.0. The van der Waals surface area contributed by atoms with Crippen LogP contribution in [-0.4, -0.2) is 58.9 Å². The zero-order valence-electron chi connectivity index (χ0n) is 18.1. The summed E-state index contributed by atoms with van der Waals surface area (Å²) >= 11 is 0. The van der Waals surface area contributed by atoms with Crippen LogP contribution in [0.4, 0.5) is 5.82 Å². The Bertz CT molecular complexity index is 1250. The molecule has 0 radical (unpaired) electrons. The normalized spacial score (nSPS) is 14.6. The van der Waals surface area contributed by atoms with E-state index < -0.39 is 0 Å². The third kappa shape index (κ3) is 4.36. The molecule has 0 bridgehead atoms. The zero-order valence-corrected chi connectivity index (χ0v) is 18.1. The monoisotopic (exact) mass is 423 g/mol. The summed E-state index contributed by atoms with van der Waals surface area (Å²) in [7, 11) is 2.13. The van der Waals surface area contributed by atoms with Gasteiger partial charge in [-0.1, -0.05) is 18.2 Å². The maximum Gasteiger partial charge on any atom is 0.169 e. The highest BCUT2D eigenvalue weighted by atomic mass is 16.1. The smallest absolute Gasteiger partial charge is 0.169 e. The average Bonchev–Trinajstić information content (AvgIpc) is 2.84. The van der Waals surface area contributed by atoms with Crippen molar-refractivity contribution in [3.8, 4) is 11.1 Å². The molecular formula is C26H25N5O. The summed E-state index contributed by atoms with van der Waals surface area (Å²) in [6.45, 7) is 3.85. The molecule has 5 rings (SSSR count). The second-order valence-electron chi connectivity index (χ2n) is 8.27. The molecule has 0 unspecified atom stereocenters. The Hall–Kier alpha value is -3.64. The number of nitrogens with zero attached hydrogens (tertiary/aromatic N) is 5. The van der Waals surface area contributed by atoms with E-state index in [1.165, 1.54) is 0 Å². The summed E-state index contributed by atoms with van der Waals surface area (Å²) in [6, 6.07) is 15.9. The minimum absolute atomic E-state index is 0.0537. The molecule has 1 fully saturated rings. The highest BCUT2D eigenvalue weighted by Crippen LogP contribution is 2.24. The van der Waals surface area contributed by atoms with Crippen molar-refractivity contribution >= 4 is 22.4 Å². The van der Waals surface area contributed by atoms with Gasteiger partial charge in [0, 0.05) is 73.2 Å². The topological polar surface area (TPSA) is 62.2 Å². The van der Waals surface area contributed by atoms with Crippen LogP contribution in [0, 0.1) is 0 Å². The van der Waals surface area contributed by atoms with Gasteiger partial charge in [0.2, 0.25) is 0 Å². The Morgan fingerprint density at radius 1 is 0.875 bits per heavy atom. The number of rotatable bonds is 5. The lowest BCUT2D eigenvalue weighted by molar-refractivity contribution is 0.0992. The first-order valence-electron chi connectivity index (χ1n) is 10.9. The summed E-state index contributed by atoms with van der Waals surface area (Å²) < 4.78 is 0. The van der Waals surface area contributed by atoms with Crippen LogP contribution in [0.5, 0.6) is 0 Å². The fraction of sp³-hybridized carbons (Fsp3) is 0.231. The van der Waals surface area contributed by atoms with Crippen molar-refractivity contribution in [1.82, 2.24) is 19.9 Å². The van der Waals surface area contributed by atoms with Gasteiger partial charge in [0.25, 0.3) is 0 Å². The highest BCUT2D eigenvalue weighted by molar-refractivity contribution is 5.98. The summed E-state index contributed by atoms with van der Waals surface area (Å²) in [5.41, 5.74) is 3.61.